The van der Waals surface area contributed by atoms with Crippen LogP contribution in [0.1, 0.15) is 34.1 Å². The highest BCUT2D eigenvalue weighted by Gasteiger charge is 2.27. The van der Waals surface area contributed by atoms with Crippen molar-refractivity contribution < 1.29 is 4.79 Å². The summed E-state index contributed by atoms with van der Waals surface area (Å²) in [4.78, 5) is 19.5. The third-order valence-corrected chi connectivity index (χ3v) is 6.11. The summed E-state index contributed by atoms with van der Waals surface area (Å²) < 4.78 is 1.20. The second-order valence-corrected chi connectivity index (χ2v) is 8.20. The molecule has 0 aliphatic carbocycles. The molecule has 1 aliphatic heterocycles. The molecule has 1 aromatic heterocycles. The van der Waals surface area contributed by atoms with Crippen molar-refractivity contribution in [2.75, 3.05) is 13.1 Å². The number of aromatic nitrogens is 1. The predicted molar refractivity (Wildman–Crippen MR) is 104 cm³/mol. The van der Waals surface area contributed by atoms with Crippen molar-refractivity contribution in [3.8, 4) is 0 Å². The minimum absolute atomic E-state index is 0.0183. The van der Waals surface area contributed by atoms with Gasteiger partial charge in [0.2, 0.25) is 0 Å². The van der Waals surface area contributed by atoms with Crippen molar-refractivity contribution in [3.05, 3.63) is 63.1 Å². The summed E-state index contributed by atoms with van der Waals surface area (Å²) in [5.41, 5.74) is 1.58. The number of carbonyl (C=O) groups excluding carboxylic acids is 1. The Labute approximate surface area is 160 Å². The molecule has 0 radical (unpaired) electrons. The first-order valence-electron chi connectivity index (χ1n) is 8.21. The molecule has 0 N–H and O–H groups in total. The summed E-state index contributed by atoms with van der Waals surface area (Å²) in [6.45, 7) is 1.44. The minimum Gasteiger partial charge on any atom is -0.338 e. The maximum atomic E-state index is 12.8. The molecule has 3 nitrogen and oxygen atoms in total. The van der Waals surface area contributed by atoms with Gasteiger partial charge in [0.25, 0.3) is 5.91 Å². The Bertz CT molecular complexity index is 887. The molecule has 3 aromatic rings. The van der Waals surface area contributed by atoms with Gasteiger partial charge in [-0.15, -0.1) is 11.3 Å². The molecule has 1 atom stereocenters. The summed E-state index contributed by atoms with van der Waals surface area (Å²) in [6.07, 6.45) is 2.03. The van der Waals surface area contributed by atoms with Crippen LogP contribution < -0.4 is 0 Å². The van der Waals surface area contributed by atoms with Gasteiger partial charge in [0.05, 0.1) is 15.2 Å². The topological polar surface area (TPSA) is 33.2 Å². The van der Waals surface area contributed by atoms with Gasteiger partial charge in [0, 0.05) is 34.6 Å². The number of piperidine rings is 1. The van der Waals surface area contributed by atoms with Crippen molar-refractivity contribution in [2.45, 2.75) is 18.8 Å². The predicted octanol–water partition coefficient (Wildman–Crippen LogP) is 5.62. The fraction of sp³-hybridized carbons (Fsp3) is 0.263. The normalized spacial score (nSPS) is 17.8. The van der Waals surface area contributed by atoms with Gasteiger partial charge >= 0.3 is 0 Å². The Morgan fingerprint density at radius 1 is 1.16 bits per heavy atom. The molecule has 1 fully saturated rings. The zero-order valence-corrected chi connectivity index (χ0v) is 15.7. The summed E-state index contributed by atoms with van der Waals surface area (Å²) in [7, 11) is 0. The Kier molecular flexibility index (Phi) is 4.67. The number of nitrogens with zero attached hydrogens (tertiary/aromatic N) is 2. The average molecular weight is 391 g/mol. The molecule has 4 rings (SSSR count). The highest BCUT2D eigenvalue weighted by Crippen LogP contribution is 2.33. The molecular weight excluding hydrogens is 375 g/mol. The van der Waals surface area contributed by atoms with E-state index >= 15 is 0 Å². The third-order valence-electron chi connectivity index (χ3n) is 4.48. The fourth-order valence-electron chi connectivity index (χ4n) is 3.29. The number of likely N-dealkylation sites (tertiary alicyclic amines) is 1. The second kappa shape index (κ2) is 6.94. The van der Waals surface area contributed by atoms with Gasteiger partial charge in [-0.1, -0.05) is 35.3 Å². The molecule has 6 heteroatoms. The standard InChI is InChI=1S/C19H16Cl2N2OS/c20-14-8-13(9-15(21)10-14)19(24)23-7-3-4-12(11-23)18-22-16-5-1-2-6-17(16)25-18/h1-2,5-6,8-10,12H,3-4,7,11H2/t12-/m1/s1. The highest BCUT2D eigenvalue weighted by atomic mass is 35.5. The number of carbonyl (C=O) groups is 1. The number of rotatable bonds is 2. The van der Waals surface area contributed by atoms with E-state index in [0.29, 0.717) is 22.2 Å². The van der Waals surface area contributed by atoms with Crippen LogP contribution in [0.4, 0.5) is 0 Å². The lowest BCUT2D eigenvalue weighted by Gasteiger charge is -2.32. The molecule has 1 amide bonds. The summed E-state index contributed by atoms with van der Waals surface area (Å²) in [5, 5.41) is 2.08. The molecule has 2 aromatic carbocycles. The number of fused-ring (bicyclic) bond motifs is 1. The summed E-state index contributed by atoms with van der Waals surface area (Å²) in [5.74, 6) is 0.264. The quantitative estimate of drug-likeness (QED) is 0.568. The highest BCUT2D eigenvalue weighted by molar-refractivity contribution is 7.18. The number of halogens is 2. The van der Waals surface area contributed by atoms with Gasteiger partial charge in [-0.3, -0.25) is 4.79 Å². The first-order valence-corrected chi connectivity index (χ1v) is 9.78. The average Bonchev–Trinajstić information content (AvgIpc) is 3.04. The minimum atomic E-state index is -0.0183. The molecule has 1 saturated heterocycles. The van der Waals surface area contributed by atoms with E-state index in [1.54, 1.807) is 29.5 Å². The molecule has 128 valence electrons. The SMILES string of the molecule is O=C(c1cc(Cl)cc(Cl)c1)N1CCC[C@@H](c2nc3ccccc3s2)C1. The Hall–Kier alpha value is -1.62. The number of benzene rings is 2. The third kappa shape index (κ3) is 3.52. The van der Waals surface area contributed by atoms with E-state index in [4.69, 9.17) is 28.2 Å². The lowest BCUT2D eigenvalue weighted by molar-refractivity contribution is 0.0707. The van der Waals surface area contributed by atoms with Crippen LogP contribution in [0.25, 0.3) is 10.2 Å². The van der Waals surface area contributed by atoms with Crippen molar-refractivity contribution in [1.82, 2.24) is 9.88 Å². The van der Waals surface area contributed by atoms with E-state index in [-0.39, 0.29) is 11.8 Å². The maximum absolute atomic E-state index is 12.8. The smallest absolute Gasteiger partial charge is 0.253 e. The van der Waals surface area contributed by atoms with Crippen LogP contribution >= 0.6 is 34.5 Å². The van der Waals surface area contributed by atoms with Crippen LogP contribution in [0.15, 0.2) is 42.5 Å². The van der Waals surface area contributed by atoms with Crippen molar-refractivity contribution in [1.29, 1.82) is 0 Å². The first-order chi connectivity index (χ1) is 12.1. The number of hydrogen-bond acceptors (Lipinski definition) is 3. The van der Waals surface area contributed by atoms with Crippen LogP contribution in [0.5, 0.6) is 0 Å². The molecule has 2 heterocycles. The molecule has 0 bridgehead atoms. The van der Waals surface area contributed by atoms with Crippen LogP contribution in [0.2, 0.25) is 10.0 Å². The molecule has 0 saturated carbocycles. The summed E-state index contributed by atoms with van der Waals surface area (Å²) in [6, 6.07) is 13.2. The molecule has 25 heavy (non-hydrogen) atoms. The Morgan fingerprint density at radius 3 is 2.68 bits per heavy atom. The lowest BCUT2D eigenvalue weighted by atomic mass is 9.98. The van der Waals surface area contributed by atoms with Crippen molar-refractivity contribution in [2.24, 2.45) is 0 Å². The first kappa shape index (κ1) is 16.8. The van der Waals surface area contributed by atoms with Crippen molar-refractivity contribution >= 4 is 50.7 Å². The van der Waals surface area contributed by atoms with E-state index in [1.807, 2.05) is 23.1 Å². The van der Waals surface area contributed by atoms with Gasteiger partial charge in [-0.05, 0) is 43.2 Å². The van der Waals surface area contributed by atoms with Gasteiger partial charge in [-0.2, -0.15) is 0 Å². The second-order valence-electron chi connectivity index (χ2n) is 6.27. The maximum Gasteiger partial charge on any atom is 0.253 e. The fourth-order valence-corrected chi connectivity index (χ4v) is 4.91. The van der Waals surface area contributed by atoms with Gasteiger partial charge in [0.1, 0.15) is 0 Å². The van der Waals surface area contributed by atoms with Crippen LogP contribution in [0, 0.1) is 0 Å². The van der Waals surface area contributed by atoms with Crippen LogP contribution in [-0.4, -0.2) is 28.9 Å². The van der Waals surface area contributed by atoms with Gasteiger partial charge in [0.15, 0.2) is 0 Å². The summed E-state index contributed by atoms with van der Waals surface area (Å²) >= 11 is 13.8. The van der Waals surface area contributed by atoms with E-state index in [9.17, 15) is 4.79 Å². The number of amides is 1. The van der Waals surface area contributed by atoms with E-state index in [2.05, 4.69) is 6.07 Å². The van der Waals surface area contributed by atoms with Gasteiger partial charge in [-0.25, -0.2) is 4.98 Å². The zero-order chi connectivity index (χ0) is 17.4. The number of thiazole rings is 1. The van der Waals surface area contributed by atoms with Crippen LogP contribution in [0.3, 0.4) is 0 Å². The largest absolute Gasteiger partial charge is 0.338 e. The lowest BCUT2D eigenvalue weighted by Crippen LogP contribution is -2.39. The molecule has 1 aliphatic rings. The van der Waals surface area contributed by atoms with E-state index < -0.39 is 0 Å². The Morgan fingerprint density at radius 2 is 1.92 bits per heavy atom. The molecule has 0 unspecified atom stereocenters. The number of hydrogen-bond donors (Lipinski definition) is 0. The monoisotopic (exact) mass is 390 g/mol. The van der Waals surface area contributed by atoms with Crippen molar-refractivity contribution in [3.63, 3.8) is 0 Å². The van der Waals surface area contributed by atoms with E-state index in [0.717, 1.165) is 29.9 Å². The number of para-hydroxylation sites is 1. The molecular formula is C19H16Cl2N2OS. The van der Waals surface area contributed by atoms with E-state index in [1.165, 1.54) is 4.70 Å². The van der Waals surface area contributed by atoms with Crippen LogP contribution in [-0.2, 0) is 0 Å². The van der Waals surface area contributed by atoms with Gasteiger partial charge < -0.3 is 4.90 Å². The zero-order valence-electron chi connectivity index (χ0n) is 13.4. The Balaban J connectivity index is 1.57. The molecule has 0 spiro atoms.